The normalized spacial score (nSPS) is 11.0. The van der Waals surface area contributed by atoms with Crippen LogP contribution in [0.1, 0.15) is 31.2 Å². The van der Waals surface area contributed by atoms with Gasteiger partial charge in [-0.1, -0.05) is 13.8 Å². The molecule has 0 spiro atoms. The van der Waals surface area contributed by atoms with Crippen molar-refractivity contribution in [1.82, 2.24) is 14.5 Å². The Kier molecular flexibility index (Phi) is 2.99. The first-order valence-corrected chi connectivity index (χ1v) is 5.27. The van der Waals surface area contributed by atoms with Crippen LogP contribution in [0.3, 0.4) is 0 Å². The van der Waals surface area contributed by atoms with Crippen molar-refractivity contribution in [3.8, 4) is 0 Å². The molecule has 0 saturated heterocycles. The van der Waals surface area contributed by atoms with Crippen LogP contribution in [-0.4, -0.2) is 14.5 Å². The standard InChI is InChI=1S/C12H14FN3/c1-9(2)12-15-3-4-16(12)8-10-5-11(13)7-14-6-10/h3-7,9H,8H2,1-2H3. The molecule has 0 atom stereocenters. The van der Waals surface area contributed by atoms with Crippen molar-refractivity contribution in [1.29, 1.82) is 0 Å². The Morgan fingerprint density at radius 3 is 2.88 bits per heavy atom. The average Bonchev–Trinajstić information content (AvgIpc) is 2.66. The lowest BCUT2D eigenvalue weighted by Gasteiger charge is -2.09. The van der Waals surface area contributed by atoms with E-state index in [1.54, 1.807) is 12.4 Å². The number of nitrogens with zero attached hydrogens (tertiary/aromatic N) is 3. The van der Waals surface area contributed by atoms with E-state index in [1.165, 1.54) is 12.3 Å². The predicted molar refractivity (Wildman–Crippen MR) is 59.6 cm³/mol. The number of hydrogen-bond donors (Lipinski definition) is 0. The highest BCUT2D eigenvalue weighted by molar-refractivity contribution is 5.12. The fourth-order valence-electron chi connectivity index (χ4n) is 1.69. The van der Waals surface area contributed by atoms with Gasteiger partial charge in [-0.25, -0.2) is 9.37 Å². The second-order valence-corrected chi connectivity index (χ2v) is 4.08. The quantitative estimate of drug-likeness (QED) is 0.794. The number of imidazole rings is 1. The summed E-state index contributed by atoms with van der Waals surface area (Å²) in [6.45, 7) is 4.78. The molecule has 0 unspecified atom stereocenters. The van der Waals surface area contributed by atoms with Crippen LogP contribution in [-0.2, 0) is 6.54 Å². The lowest BCUT2D eigenvalue weighted by atomic mass is 10.2. The van der Waals surface area contributed by atoms with E-state index >= 15 is 0 Å². The van der Waals surface area contributed by atoms with Gasteiger partial charge in [0.2, 0.25) is 0 Å². The summed E-state index contributed by atoms with van der Waals surface area (Å²) >= 11 is 0. The van der Waals surface area contributed by atoms with E-state index in [0.717, 1.165) is 11.4 Å². The zero-order valence-electron chi connectivity index (χ0n) is 9.39. The van der Waals surface area contributed by atoms with Gasteiger partial charge in [0.05, 0.1) is 12.7 Å². The largest absolute Gasteiger partial charge is 0.330 e. The van der Waals surface area contributed by atoms with Crippen LogP contribution in [0.5, 0.6) is 0 Å². The molecule has 0 amide bonds. The molecule has 84 valence electrons. The molecular formula is C12H14FN3. The first-order chi connectivity index (χ1) is 7.66. The molecule has 16 heavy (non-hydrogen) atoms. The monoisotopic (exact) mass is 219 g/mol. The Hall–Kier alpha value is -1.71. The van der Waals surface area contributed by atoms with Gasteiger partial charge in [0, 0.05) is 24.5 Å². The molecule has 0 aliphatic rings. The topological polar surface area (TPSA) is 30.7 Å². The second-order valence-electron chi connectivity index (χ2n) is 4.08. The van der Waals surface area contributed by atoms with Crippen molar-refractivity contribution in [3.63, 3.8) is 0 Å². The van der Waals surface area contributed by atoms with Crippen molar-refractivity contribution < 1.29 is 4.39 Å². The van der Waals surface area contributed by atoms with Crippen LogP contribution in [0.15, 0.2) is 30.9 Å². The van der Waals surface area contributed by atoms with Crippen molar-refractivity contribution in [2.75, 3.05) is 0 Å². The van der Waals surface area contributed by atoms with Crippen molar-refractivity contribution >= 4 is 0 Å². The first-order valence-electron chi connectivity index (χ1n) is 5.27. The molecule has 0 aliphatic carbocycles. The highest BCUT2D eigenvalue weighted by Crippen LogP contribution is 2.13. The van der Waals surface area contributed by atoms with Gasteiger partial charge < -0.3 is 4.57 Å². The summed E-state index contributed by atoms with van der Waals surface area (Å²) in [4.78, 5) is 8.11. The van der Waals surface area contributed by atoms with E-state index in [-0.39, 0.29) is 5.82 Å². The molecule has 0 saturated carbocycles. The highest BCUT2D eigenvalue weighted by atomic mass is 19.1. The number of aromatic nitrogens is 3. The van der Waals surface area contributed by atoms with E-state index in [0.29, 0.717) is 12.5 Å². The van der Waals surface area contributed by atoms with Gasteiger partial charge in [-0.2, -0.15) is 0 Å². The molecule has 4 heteroatoms. The van der Waals surface area contributed by atoms with Crippen molar-refractivity contribution in [3.05, 3.63) is 48.1 Å². The lowest BCUT2D eigenvalue weighted by Crippen LogP contribution is -2.06. The maximum absolute atomic E-state index is 13.0. The number of halogens is 1. The summed E-state index contributed by atoms with van der Waals surface area (Å²) < 4.78 is 15.0. The smallest absolute Gasteiger partial charge is 0.141 e. The fourth-order valence-corrected chi connectivity index (χ4v) is 1.69. The Bertz CT molecular complexity index is 477. The summed E-state index contributed by atoms with van der Waals surface area (Å²) in [7, 11) is 0. The fraction of sp³-hybridized carbons (Fsp3) is 0.333. The van der Waals surface area contributed by atoms with Gasteiger partial charge in [0.1, 0.15) is 11.6 Å². The third-order valence-electron chi connectivity index (χ3n) is 2.38. The summed E-state index contributed by atoms with van der Waals surface area (Å²) in [6.07, 6.45) is 6.55. The van der Waals surface area contributed by atoms with Gasteiger partial charge in [-0.15, -0.1) is 0 Å². The van der Waals surface area contributed by atoms with Crippen LogP contribution < -0.4 is 0 Å². The number of rotatable bonds is 3. The first kappa shape index (κ1) is 10.8. The van der Waals surface area contributed by atoms with Gasteiger partial charge in [-0.3, -0.25) is 4.98 Å². The van der Waals surface area contributed by atoms with Crippen LogP contribution in [0.2, 0.25) is 0 Å². The number of pyridine rings is 1. The molecular weight excluding hydrogens is 205 g/mol. The van der Waals surface area contributed by atoms with Gasteiger partial charge in [0.15, 0.2) is 0 Å². The van der Waals surface area contributed by atoms with E-state index in [2.05, 4.69) is 23.8 Å². The molecule has 2 heterocycles. The Morgan fingerprint density at radius 2 is 2.19 bits per heavy atom. The molecule has 0 aromatic carbocycles. The lowest BCUT2D eigenvalue weighted by molar-refractivity contribution is 0.612. The van der Waals surface area contributed by atoms with Crippen LogP contribution >= 0.6 is 0 Å². The Balaban J connectivity index is 2.24. The summed E-state index contributed by atoms with van der Waals surface area (Å²) in [5, 5.41) is 0. The number of hydrogen-bond acceptors (Lipinski definition) is 2. The summed E-state index contributed by atoms with van der Waals surface area (Å²) in [5.41, 5.74) is 0.847. The minimum absolute atomic E-state index is 0.302. The van der Waals surface area contributed by atoms with Gasteiger partial charge >= 0.3 is 0 Å². The SMILES string of the molecule is CC(C)c1nccn1Cc1cncc(F)c1. The molecule has 0 N–H and O–H groups in total. The molecule has 2 aromatic rings. The van der Waals surface area contributed by atoms with E-state index in [4.69, 9.17) is 0 Å². The molecule has 0 aliphatic heterocycles. The minimum atomic E-state index is -0.302. The summed E-state index contributed by atoms with van der Waals surface area (Å²) in [6, 6.07) is 1.50. The zero-order chi connectivity index (χ0) is 11.5. The zero-order valence-corrected chi connectivity index (χ0v) is 9.39. The second kappa shape index (κ2) is 4.43. The molecule has 0 fully saturated rings. The average molecular weight is 219 g/mol. The van der Waals surface area contributed by atoms with Gasteiger partial charge in [0.25, 0.3) is 0 Å². The maximum atomic E-state index is 13.0. The molecule has 2 rings (SSSR count). The predicted octanol–water partition coefficient (Wildman–Crippen LogP) is 2.59. The summed E-state index contributed by atoms with van der Waals surface area (Å²) in [5.74, 6) is 1.06. The van der Waals surface area contributed by atoms with E-state index < -0.39 is 0 Å². The van der Waals surface area contributed by atoms with Crippen LogP contribution in [0.25, 0.3) is 0 Å². The highest BCUT2D eigenvalue weighted by Gasteiger charge is 2.07. The maximum Gasteiger partial charge on any atom is 0.141 e. The van der Waals surface area contributed by atoms with Crippen molar-refractivity contribution in [2.24, 2.45) is 0 Å². The van der Waals surface area contributed by atoms with Gasteiger partial charge in [-0.05, 0) is 11.6 Å². The molecule has 0 radical (unpaired) electrons. The molecule has 3 nitrogen and oxygen atoms in total. The Labute approximate surface area is 94.0 Å². The van der Waals surface area contributed by atoms with Crippen molar-refractivity contribution in [2.45, 2.75) is 26.3 Å². The molecule has 2 aromatic heterocycles. The molecule has 0 bridgehead atoms. The third-order valence-corrected chi connectivity index (χ3v) is 2.38. The van der Waals surface area contributed by atoms with Crippen LogP contribution in [0, 0.1) is 5.82 Å². The van der Waals surface area contributed by atoms with E-state index in [1.807, 2.05) is 10.8 Å². The minimum Gasteiger partial charge on any atom is -0.330 e. The Morgan fingerprint density at radius 1 is 1.38 bits per heavy atom. The van der Waals surface area contributed by atoms with Crippen LogP contribution in [0.4, 0.5) is 4.39 Å². The third kappa shape index (κ3) is 2.27. The van der Waals surface area contributed by atoms with E-state index in [9.17, 15) is 4.39 Å².